The molecule has 21 heavy (non-hydrogen) atoms. The molecule has 0 saturated heterocycles. The van der Waals surface area contributed by atoms with E-state index in [1.807, 2.05) is 13.0 Å². The van der Waals surface area contributed by atoms with E-state index in [0.29, 0.717) is 17.1 Å². The van der Waals surface area contributed by atoms with Crippen LogP contribution >= 0.6 is 0 Å². The molecule has 0 aliphatic rings. The summed E-state index contributed by atoms with van der Waals surface area (Å²) in [5, 5.41) is 13.6. The van der Waals surface area contributed by atoms with Crippen molar-refractivity contribution < 1.29 is 9.66 Å². The Balaban J connectivity index is 2.13. The number of nitrogens with one attached hydrogen (secondary N) is 1. The molecule has 7 heteroatoms. The van der Waals surface area contributed by atoms with Crippen molar-refractivity contribution in [3.63, 3.8) is 0 Å². The fourth-order valence-electron chi connectivity index (χ4n) is 1.87. The number of ether oxygens (including phenoxy) is 1. The third kappa shape index (κ3) is 3.65. The predicted octanol–water partition coefficient (Wildman–Crippen LogP) is 2.62. The number of anilines is 1. The van der Waals surface area contributed by atoms with Crippen LogP contribution in [-0.2, 0) is 6.61 Å². The molecule has 110 valence electrons. The third-order valence-corrected chi connectivity index (χ3v) is 2.88. The summed E-state index contributed by atoms with van der Waals surface area (Å²) in [4.78, 5) is 18.8. The number of nitro groups is 1. The minimum absolute atomic E-state index is 0.0455. The van der Waals surface area contributed by atoms with E-state index in [1.165, 1.54) is 12.1 Å². The first kappa shape index (κ1) is 14.7. The fourth-order valence-corrected chi connectivity index (χ4v) is 1.87. The van der Waals surface area contributed by atoms with Gasteiger partial charge in [0.15, 0.2) is 5.82 Å². The molecular formula is C14H16N4O3. The largest absolute Gasteiger partial charge is 0.485 e. The lowest BCUT2D eigenvalue weighted by atomic mass is 10.2. The normalized spacial score (nSPS) is 10.2. The number of rotatable bonds is 5. The zero-order chi connectivity index (χ0) is 15.4. The smallest absolute Gasteiger partial charge is 0.269 e. The molecule has 0 aliphatic carbocycles. The lowest BCUT2D eigenvalue weighted by Crippen LogP contribution is -2.06. The van der Waals surface area contributed by atoms with Gasteiger partial charge in [-0.3, -0.25) is 10.1 Å². The highest BCUT2D eigenvalue weighted by molar-refractivity contribution is 5.43. The maximum atomic E-state index is 10.7. The standard InChI is InChI=1S/C14H16N4O3/c1-9-6-11(18(19)20)4-5-12(9)21-8-14-16-10(2)7-13(15-3)17-14/h4-7H,8H2,1-3H3,(H,15,16,17). The predicted molar refractivity (Wildman–Crippen MR) is 78.5 cm³/mol. The number of benzene rings is 1. The second-order valence-corrected chi connectivity index (χ2v) is 4.56. The van der Waals surface area contributed by atoms with Crippen LogP contribution in [0.3, 0.4) is 0 Å². The maximum Gasteiger partial charge on any atom is 0.269 e. The van der Waals surface area contributed by atoms with Crippen molar-refractivity contribution in [2.45, 2.75) is 20.5 Å². The second-order valence-electron chi connectivity index (χ2n) is 4.56. The molecule has 0 aliphatic heterocycles. The van der Waals surface area contributed by atoms with Crippen LogP contribution in [0.25, 0.3) is 0 Å². The molecule has 1 aromatic carbocycles. The molecule has 1 heterocycles. The van der Waals surface area contributed by atoms with Gasteiger partial charge >= 0.3 is 0 Å². The molecule has 0 radical (unpaired) electrons. The van der Waals surface area contributed by atoms with Gasteiger partial charge < -0.3 is 10.1 Å². The molecule has 0 saturated carbocycles. The van der Waals surface area contributed by atoms with Gasteiger partial charge in [0.2, 0.25) is 0 Å². The number of non-ortho nitro benzene ring substituents is 1. The summed E-state index contributed by atoms with van der Waals surface area (Å²) >= 11 is 0. The molecule has 0 fully saturated rings. The Morgan fingerprint density at radius 3 is 2.67 bits per heavy atom. The van der Waals surface area contributed by atoms with Gasteiger partial charge in [0.05, 0.1) is 4.92 Å². The molecule has 0 unspecified atom stereocenters. The number of nitrogens with zero attached hydrogens (tertiary/aromatic N) is 3. The summed E-state index contributed by atoms with van der Waals surface area (Å²) in [6.07, 6.45) is 0. The Hall–Kier alpha value is -2.70. The Labute approximate surface area is 122 Å². The molecule has 7 nitrogen and oxygen atoms in total. The molecule has 2 aromatic rings. The highest BCUT2D eigenvalue weighted by Crippen LogP contribution is 2.23. The number of hydrogen-bond acceptors (Lipinski definition) is 6. The van der Waals surface area contributed by atoms with Gasteiger partial charge in [0.25, 0.3) is 5.69 Å². The van der Waals surface area contributed by atoms with E-state index in [9.17, 15) is 10.1 Å². The maximum absolute atomic E-state index is 10.7. The minimum atomic E-state index is -0.431. The second kappa shape index (κ2) is 6.17. The average molecular weight is 288 g/mol. The first-order valence-electron chi connectivity index (χ1n) is 6.39. The highest BCUT2D eigenvalue weighted by Gasteiger charge is 2.10. The van der Waals surface area contributed by atoms with Crippen molar-refractivity contribution in [3.8, 4) is 5.75 Å². The fraction of sp³-hybridized carbons (Fsp3) is 0.286. The van der Waals surface area contributed by atoms with E-state index in [0.717, 1.165) is 11.5 Å². The zero-order valence-electron chi connectivity index (χ0n) is 12.1. The number of hydrogen-bond donors (Lipinski definition) is 1. The molecular weight excluding hydrogens is 272 g/mol. The van der Waals surface area contributed by atoms with Crippen molar-refractivity contribution in [2.24, 2.45) is 0 Å². The molecule has 0 atom stereocenters. The van der Waals surface area contributed by atoms with Crippen LogP contribution in [0.5, 0.6) is 5.75 Å². The summed E-state index contributed by atoms with van der Waals surface area (Å²) < 4.78 is 5.64. The Morgan fingerprint density at radius 2 is 2.05 bits per heavy atom. The van der Waals surface area contributed by atoms with Crippen LogP contribution in [0.1, 0.15) is 17.1 Å². The van der Waals surface area contributed by atoms with Crippen molar-refractivity contribution in [1.29, 1.82) is 0 Å². The van der Waals surface area contributed by atoms with Gasteiger partial charge in [-0.25, -0.2) is 9.97 Å². The summed E-state index contributed by atoms with van der Waals surface area (Å²) in [5.41, 5.74) is 1.59. The summed E-state index contributed by atoms with van der Waals surface area (Å²) in [6, 6.07) is 6.31. The van der Waals surface area contributed by atoms with Crippen molar-refractivity contribution in [3.05, 3.63) is 51.5 Å². The minimum Gasteiger partial charge on any atom is -0.485 e. The Kier molecular flexibility index (Phi) is 4.32. The van der Waals surface area contributed by atoms with E-state index in [4.69, 9.17) is 4.74 Å². The van der Waals surface area contributed by atoms with E-state index >= 15 is 0 Å². The van der Waals surface area contributed by atoms with Crippen LogP contribution in [0, 0.1) is 24.0 Å². The molecule has 0 amide bonds. The van der Waals surface area contributed by atoms with Gasteiger partial charge in [-0.2, -0.15) is 0 Å². The van der Waals surface area contributed by atoms with E-state index in [-0.39, 0.29) is 12.3 Å². The summed E-state index contributed by atoms with van der Waals surface area (Å²) in [5.74, 6) is 1.86. The summed E-state index contributed by atoms with van der Waals surface area (Å²) in [7, 11) is 1.78. The van der Waals surface area contributed by atoms with Crippen LogP contribution in [0.15, 0.2) is 24.3 Å². The van der Waals surface area contributed by atoms with Crippen molar-refractivity contribution in [1.82, 2.24) is 9.97 Å². The Morgan fingerprint density at radius 1 is 1.29 bits per heavy atom. The van der Waals surface area contributed by atoms with Crippen molar-refractivity contribution >= 4 is 11.5 Å². The molecule has 1 N–H and O–H groups in total. The third-order valence-electron chi connectivity index (χ3n) is 2.88. The molecule has 0 bridgehead atoms. The monoisotopic (exact) mass is 288 g/mol. The first-order valence-corrected chi connectivity index (χ1v) is 6.39. The SMILES string of the molecule is CNc1cc(C)nc(COc2ccc([N+](=O)[O-])cc2C)n1. The van der Waals surface area contributed by atoms with Gasteiger partial charge in [0.1, 0.15) is 18.2 Å². The number of aromatic nitrogens is 2. The molecule has 2 rings (SSSR count). The lowest BCUT2D eigenvalue weighted by molar-refractivity contribution is -0.384. The quantitative estimate of drug-likeness (QED) is 0.672. The van der Waals surface area contributed by atoms with Crippen LogP contribution in [0.4, 0.5) is 11.5 Å². The lowest BCUT2D eigenvalue weighted by Gasteiger charge is -2.09. The van der Waals surface area contributed by atoms with Crippen LogP contribution in [-0.4, -0.2) is 21.9 Å². The average Bonchev–Trinajstić information content (AvgIpc) is 2.45. The van der Waals surface area contributed by atoms with Gasteiger partial charge in [-0.15, -0.1) is 0 Å². The number of nitro benzene ring substituents is 1. The highest BCUT2D eigenvalue weighted by atomic mass is 16.6. The first-order chi connectivity index (χ1) is 9.99. The Bertz CT molecular complexity index is 673. The molecule has 0 spiro atoms. The van der Waals surface area contributed by atoms with E-state index in [2.05, 4.69) is 15.3 Å². The molecule has 1 aromatic heterocycles. The van der Waals surface area contributed by atoms with Crippen LogP contribution < -0.4 is 10.1 Å². The van der Waals surface area contributed by atoms with Crippen LogP contribution in [0.2, 0.25) is 0 Å². The van der Waals surface area contributed by atoms with Gasteiger partial charge in [-0.05, 0) is 25.5 Å². The summed E-state index contributed by atoms with van der Waals surface area (Å²) in [6.45, 7) is 3.84. The van der Waals surface area contributed by atoms with Crippen molar-refractivity contribution in [2.75, 3.05) is 12.4 Å². The van der Waals surface area contributed by atoms with E-state index < -0.39 is 4.92 Å². The van der Waals surface area contributed by atoms with E-state index in [1.54, 1.807) is 20.0 Å². The zero-order valence-corrected chi connectivity index (χ0v) is 12.1. The van der Waals surface area contributed by atoms with Gasteiger partial charge in [-0.1, -0.05) is 0 Å². The number of aryl methyl sites for hydroxylation is 2. The topological polar surface area (TPSA) is 90.2 Å². The van der Waals surface area contributed by atoms with Gasteiger partial charge in [0, 0.05) is 30.9 Å².